The van der Waals surface area contributed by atoms with Crippen LogP contribution in [0.1, 0.15) is 64.2 Å². The Balaban J connectivity index is 1.46. The van der Waals surface area contributed by atoms with E-state index in [9.17, 15) is 14.0 Å². The van der Waals surface area contributed by atoms with E-state index in [1.54, 1.807) is 5.01 Å². The summed E-state index contributed by atoms with van der Waals surface area (Å²) >= 11 is 0. The van der Waals surface area contributed by atoms with Gasteiger partial charge < -0.3 is 15.7 Å². The number of hydrogen-bond donors (Lipinski definition) is 3. The molecule has 3 fully saturated rings. The molecule has 0 aromatic heterocycles. The number of carbonyl (C=O) groups excluding carboxylic acids is 1. The van der Waals surface area contributed by atoms with Crippen molar-refractivity contribution in [3.8, 4) is 0 Å². The Labute approximate surface area is 171 Å². The number of carbonyl (C=O) groups is 2. The lowest BCUT2D eigenvalue weighted by Crippen LogP contribution is -2.59. The van der Waals surface area contributed by atoms with Crippen molar-refractivity contribution >= 4 is 17.6 Å². The van der Waals surface area contributed by atoms with Crippen LogP contribution in [0, 0.1) is 11.8 Å². The molecule has 2 aliphatic carbocycles. The second kappa shape index (κ2) is 9.08. The topological polar surface area (TPSA) is 94.0 Å². The fraction of sp³-hybridized carbons (Fsp3) is 0.857. The first-order chi connectivity index (χ1) is 14.0. The number of alkyl halides is 1. The fourth-order valence-electron chi connectivity index (χ4n) is 5.66. The first-order valence-corrected chi connectivity index (χ1v) is 11.2. The number of hydrazone groups is 1. The van der Waals surface area contributed by atoms with Gasteiger partial charge in [0.05, 0.1) is 12.5 Å². The predicted molar refractivity (Wildman–Crippen MR) is 107 cm³/mol. The molecule has 2 saturated carbocycles. The summed E-state index contributed by atoms with van der Waals surface area (Å²) in [6, 6.07) is 0.932. The van der Waals surface area contributed by atoms with Crippen LogP contribution in [0.15, 0.2) is 5.10 Å². The van der Waals surface area contributed by atoms with E-state index < -0.39 is 12.1 Å². The quantitative estimate of drug-likeness (QED) is 0.647. The number of fused-ring (bicyclic) bond motifs is 1. The molecule has 2 heterocycles. The molecular weight excluding hydrogens is 375 g/mol. The van der Waals surface area contributed by atoms with Gasteiger partial charge >= 0.3 is 5.97 Å². The van der Waals surface area contributed by atoms with Gasteiger partial charge in [0.15, 0.2) is 0 Å². The minimum absolute atomic E-state index is 0.0130. The number of carboxylic acids is 1. The number of halogens is 1. The van der Waals surface area contributed by atoms with Gasteiger partial charge in [0.1, 0.15) is 6.17 Å². The fourth-order valence-corrected chi connectivity index (χ4v) is 5.66. The number of hydrogen-bond acceptors (Lipinski definition) is 5. The molecule has 162 valence electrons. The number of amides is 1. The van der Waals surface area contributed by atoms with E-state index in [-0.39, 0.29) is 30.7 Å². The Kier molecular flexibility index (Phi) is 6.49. The highest BCUT2D eigenvalue weighted by Gasteiger charge is 2.43. The Hall–Kier alpha value is -1.54. The molecule has 1 saturated heterocycles. The molecule has 0 aromatic rings. The van der Waals surface area contributed by atoms with E-state index in [0.29, 0.717) is 30.8 Å². The lowest BCUT2D eigenvalue weighted by Gasteiger charge is -2.43. The summed E-state index contributed by atoms with van der Waals surface area (Å²) in [6.45, 7) is 1.97. The normalized spacial score (nSPS) is 37.7. The minimum Gasteiger partial charge on any atom is -0.481 e. The second-order valence-corrected chi connectivity index (χ2v) is 9.14. The summed E-state index contributed by atoms with van der Waals surface area (Å²) in [5, 5.41) is 22.5. The van der Waals surface area contributed by atoms with Gasteiger partial charge in [0.25, 0.3) is 0 Å². The summed E-state index contributed by atoms with van der Waals surface area (Å²) < 4.78 is 13.6. The molecule has 4 unspecified atom stereocenters. The minimum atomic E-state index is -0.961. The number of nitrogens with one attached hydrogen (secondary N) is 2. The maximum Gasteiger partial charge on any atom is 0.303 e. The Morgan fingerprint density at radius 2 is 1.76 bits per heavy atom. The second-order valence-electron chi connectivity index (χ2n) is 9.14. The average molecular weight is 409 g/mol. The molecule has 4 atom stereocenters. The number of piperazine rings is 1. The zero-order valence-corrected chi connectivity index (χ0v) is 17.0. The smallest absolute Gasteiger partial charge is 0.303 e. The van der Waals surface area contributed by atoms with Crippen molar-refractivity contribution in [3.63, 3.8) is 0 Å². The van der Waals surface area contributed by atoms with Crippen LogP contribution in [0.5, 0.6) is 0 Å². The standard InChI is InChI=1S/C21H33FN4O3/c22-15-4-1-13(2-5-15)17-12-19(26(25-17)20(27)7-8-21(28)29)14-3-6-16-18(11-14)24-10-9-23-16/h13-16,18-19,23-24H,1-12H2,(H,28,29). The molecule has 0 bridgehead atoms. The maximum atomic E-state index is 13.6. The van der Waals surface area contributed by atoms with Gasteiger partial charge in [-0.25, -0.2) is 9.40 Å². The summed E-state index contributed by atoms with van der Waals surface area (Å²) in [7, 11) is 0. The molecular formula is C21H33FN4O3. The molecule has 0 radical (unpaired) electrons. The van der Waals surface area contributed by atoms with Crippen LogP contribution in [0.2, 0.25) is 0 Å². The first kappa shape index (κ1) is 20.7. The third-order valence-electron chi connectivity index (χ3n) is 7.28. The van der Waals surface area contributed by atoms with E-state index in [2.05, 4.69) is 10.6 Å². The van der Waals surface area contributed by atoms with Crippen molar-refractivity contribution in [1.82, 2.24) is 15.6 Å². The SMILES string of the molecule is O=C(O)CCC(=O)N1N=C(C2CCC(F)CC2)CC1C1CCC2NCCNC2C1. The van der Waals surface area contributed by atoms with Gasteiger partial charge in [-0.3, -0.25) is 9.59 Å². The lowest BCUT2D eigenvalue weighted by molar-refractivity contribution is -0.142. The lowest BCUT2D eigenvalue weighted by atomic mass is 9.75. The molecule has 0 spiro atoms. The van der Waals surface area contributed by atoms with Gasteiger partial charge in [0.2, 0.25) is 5.91 Å². The number of carboxylic acid groups (broad SMARTS) is 1. The highest BCUT2D eigenvalue weighted by atomic mass is 19.1. The van der Waals surface area contributed by atoms with Crippen LogP contribution in [0.3, 0.4) is 0 Å². The van der Waals surface area contributed by atoms with Crippen molar-refractivity contribution in [2.75, 3.05) is 13.1 Å². The molecule has 4 rings (SSSR count). The van der Waals surface area contributed by atoms with Gasteiger partial charge in [-0.15, -0.1) is 0 Å². The van der Waals surface area contributed by atoms with Gasteiger partial charge in [-0.2, -0.15) is 5.10 Å². The largest absolute Gasteiger partial charge is 0.481 e. The van der Waals surface area contributed by atoms with Crippen LogP contribution in [-0.4, -0.2) is 65.1 Å². The summed E-state index contributed by atoms with van der Waals surface area (Å²) in [5.41, 5.74) is 1.03. The average Bonchev–Trinajstić information content (AvgIpc) is 3.17. The number of rotatable bonds is 5. The van der Waals surface area contributed by atoms with Crippen LogP contribution >= 0.6 is 0 Å². The molecule has 0 aromatic carbocycles. The first-order valence-electron chi connectivity index (χ1n) is 11.2. The summed E-state index contributed by atoms with van der Waals surface area (Å²) in [5.74, 6) is -0.537. The van der Waals surface area contributed by atoms with Crippen LogP contribution < -0.4 is 10.6 Å². The highest BCUT2D eigenvalue weighted by Crippen LogP contribution is 2.38. The molecule has 7 nitrogen and oxygen atoms in total. The van der Waals surface area contributed by atoms with E-state index in [0.717, 1.165) is 57.3 Å². The Morgan fingerprint density at radius 1 is 1.03 bits per heavy atom. The molecule has 3 N–H and O–H groups in total. The Morgan fingerprint density at radius 3 is 2.48 bits per heavy atom. The Bertz CT molecular complexity index is 650. The van der Waals surface area contributed by atoms with Crippen LogP contribution in [0.25, 0.3) is 0 Å². The van der Waals surface area contributed by atoms with E-state index in [1.165, 1.54) is 0 Å². The molecule has 1 amide bonds. The van der Waals surface area contributed by atoms with Crippen molar-refractivity contribution in [3.05, 3.63) is 0 Å². The molecule has 29 heavy (non-hydrogen) atoms. The van der Waals surface area contributed by atoms with Crippen LogP contribution in [-0.2, 0) is 9.59 Å². The third-order valence-corrected chi connectivity index (χ3v) is 7.28. The molecule has 4 aliphatic rings. The van der Waals surface area contributed by atoms with Crippen molar-refractivity contribution in [1.29, 1.82) is 0 Å². The zero-order chi connectivity index (χ0) is 20.4. The van der Waals surface area contributed by atoms with Crippen molar-refractivity contribution in [2.45, 2.75) is 88.5 Å². The molecule has 2 aliphatic heterocycles. The van der Waals surface area contributed by atoms with Gasteiger partial charge in [-0.05, 0) is 56.8 Å². The maximum absolute atomic E-state index is 13.6. The van der Waals surface area contributed by atoms with Crippen LogP contribution in [0.4, 0.5) is 4.39 Å². The summed E-state index contributed by atoms with van der Waals surface area (Å²) in [4.78, 5) is 23.8. The van der Waals surface area contributed by atoms with Gasteiger partial charge in [0, 0.05) is 43.7 Å². The van der Waals surface area contributed by atoms with E-state index >= 15 is 0 Å². The zero-order valence-electron chi connectivity index (χ0n) is 17.0. The van der Waals surface area contributed by atoms with E-state index in [1.807, 2.05) is 0 Å². The van der Waals surface area contributed by atoms with Crippen molar-refractivity contribution in [2.24, 2.45) is 16.9 Å². The summed E-state index contributed by atoms with van der Waals surface area (Å²) in [6.07, 6.45) is 5.74. The third kappa shape index (κ3) is 4.79. The van der Waals surface area contributed by atoms with Gasteiger partial charge in [-0.1, -0.05) is 0 Å². The number of aliphatic carboxylic acids is 1. The van der Waals surface area contributed by atoms with E-state index in [4.69, 9.17) is 10.2 Å². The predicted octanol–water partition coefficient (Wildman–Crippen LogP) is 2.07. The monoisotopic (exact) mass is 408 g/mol. The number of nitrogens with zero attached hydrogens (tertiary/aromatic N) is 2. The highest BCUT2D eigenvalue weighted by molar-refractivity contribution is 5.92. The molecule has 8 heteroatoms. The van der Waals surface area contributed by atoms with Crippen molar-refractivity contribution < 1.29 is 19.1 Å².